The van der Waals surface area contributed by atoms with E-state index in [1.165, 1.54) is 5.56 Å². The first kappa shape index (κ1) is 13.7. The highest BCUT2D eigenvalue weighted by atomic mass is 16.5. The summed E-state index contributed by atoms with van der Waals surface area (Å²) in [6.07, 6.45) is 4.49. The van der Waals surface area contributed by atoms with Crippen molar-refractivity contribution in [1.29, 1.82) is 0 Å². The van der Waals surface area contributed by atoms with Gasteiger partial charge in [-0.25, -0.2) is 0 Å². The largest absolute Gasteiger partial charge is 0.496 e. The normalized spacial score (nSPS) is 14.1. The van der Waals surface area contributed by atoms with E-state index in [4.69, 9.17) is 9.15 Å². The quantitative estimate of drug-likeness (QED) is 0.848. The van der Waals surface area contributed by atoms with Crippen molar-refractivity contribution in [2.45, 2.75) is 32.4 Å². The van der Waals surface area contributed by atoms with Crippen LogP contribution in [-0.2, 0) is 0 Å². The SMILES string of the molecule is CCC(NC(C)c1ccoc1)c1ccccc1OC. The molecular weight excluding hydrogens is 238 g/mol. The summed E-state index contributed by atoms with van der Waals surface area (Å²) < 4.78 is 10.6. The summed E-state index contributed by atoms with van der Waals surface area (Å²) in [5, 5.41) is 3.62. The van der Waals surface area contributed by atoms with E-state index in [1.807, 2.05) is 24.3 Å². The third kappa shape index (κ3) is 3.18. The molecule has 3 nitrogen and oxygen atoms in total. The second-order valence-corrected chi connectivity index (χ2v) is 4.65. The molecule has 2 rings (SSSR count). The van der Waals surface area contributed by atoms with Gasteiger partial charge in [0.15, 0.2) is 0 Å². The molecule has 102 valence electrons. The Morgan fingerprint density at radius 2 is 2.05 bits per heavy atom. The van der Waals surface area contributed by atoms with Crippen molar-refractivity contribution >= 4 is 0 Å². The lowest BCUT2D eigenvalue weighted by atomic mass is 10.0. The number of ether oxygens (including phenoxy) is 1. The molecule has 0 radical (unpaired) electrons. The predicted molar refractivity (Wildman–Crippen MR) is 76.3 cm³/mol. The van der Waals surface area contributed by atoms with Crippen LogP contribution in [0.4, 0.5) is 0 Å². The van der Waals surface area contributed by atoms with Crippen molar-refractivity contribution < 1.29 is 9.15 Å². The molecule has 3 heteroatoms. The maximum Gasteiger partial charge on any atom is 0.123 e. The Labute approximate surface area is 114 Å². The maximum atomic E-state index is 5.44. The van der Waals surface area contributed by atoms with Crippen LogP contribution in [0.25, 0.3) is 0 Å². The Bertz CT molecular complexity index is 493. The first-order chi connectivity index (χ1) is 9.26. The Kier molecular flexibility index (Phi) is 4.63. The van der Waals surface area contributed by atoms with Crippen molar-refractivity contribution in [3.63, 3.8) is 0 Å². The number of para-hydroxylation sites is 1. The molecule has 0 aliphatic heterocycles. The summed E-state index contributed by atoms with van der Waals surface area (Å²) in [6.45, 7) is 4.31. The number of hydrogen-bond donors (Lipinski definition) is 1. The van der Waals surface area contributed by atoms with E-state index in [2.05, 4.69) is 25.2 Å². The molecule has 0 saturated heterocycles. The molecule has 0 amide bonds. The molecule has 1 heterocycles. The molecule has 19 heavy (non-hydrogen) atoms. The fraction of sp³-hybridized carbons (Fsp3) is 0.375. The van der Waals surface area contributed by atoms with E-state index in [0.717, 1.165) is 17.7 Å². The van der Waals surface area contributed by atoms with Gasteiger partial charge in [0.25, 0.3) is 0 Å². The number of hydrogen-bond acceptors (Lipinski definition) is 3. The van der Waals surface area contributed by atoms with E-state index >= 15 is 0 Å². The topological polar surface area (TPSA) is 34.4 Å². The van der Waals surface area contributed by atoms with Crippen molar-refractivity contribution in [2.75, 3.05) is 7.11 Å². The number of methoxy groups -OCH3 is 1. The van der Waals surface area contributed by atoms with Gasteiger partial charge in [-0.1, -0.05) is 25.1 Å². The Balaban J connectivity index is 2.16. The smallest absolute Gasteiger partial charge is 0.123 e. The maximum absolute atomic E-state index is 5.44. The lowest BCUT2D eigenvalue weighted by Gasteiger charge is -2.23. The molecule has 0 aliphatic rings. The Hall–Kier alpha value is -1.74. The third-order valence-corrected chi connectivity index (χ3v) is 3.42. The van der Waals surface area contributed by atoms with Crippen LogP contribution in [0.5, 0.6) is 5.75 Å². The van der Waals surface area contributed by atoms with Gasteiger partial charge in [-0.3, -0.25) is 0 Å². The van der Waals surface area contributed by atoms with E-state index in [-0.39, 0.29) is 12.1 Å². The van der Waals surface area contributed by atoms with Gasteiger partial charge in [0.05, 0.1) is 19.6 Å². The van der Waals surface area contributed by atoms with Gasteiger partial charge in [0, 0.05) is 23.2 Å². The predicted octanol–water partition coefficient (Wildman–Crippen LogP) is 4.09. The van der Waals surface area contributed by atoms with Gasteiger partial charge in [0.2, 0.25) is 0 Å². The van der Waals surface area contributed by atoms with Crippen LogP contribution in [-0.4, -0.2) is 7.11 Å². The molecule has 0 fully saturated rings. The molecule has 1 aromatic carbocycles. The van der Waals surface area contributed by atoms with Crippen LogP contribution in [0.15, 0.2) is 47.3 Å². The molecule has 0 bridgehead atoms. The molecule has 0 aliphatic carbocycles. The van der Waals surface area contributed by atoms with E-state index in [1.54, 1.807) is 19.6 Å². The van der Waals surface area contributed by atoms with Gasteiger partial charge in [0.1, 0.15) is 5.75 Å². The van der Waals surface area contributed by atoms with Crippen LogP contribution >= 0.6 is 0 Å². The molecule has 0 spiro atoms. The molecule has 1 N–H and O–H groups in total. The second kappa shape index (κ2) is 6.43. The Morgan fingerprint density at radius 1 is 1.26 bits per heavy atom. The lowest BCUT2D eigenvalue weighted by Crippen LogP contribution is -2.24. The van der Waals surface area contributed by atoms with Gasteiger partial charge >= 0.3 is 0 Å². The molecule has 2 aromatic rings. The van der Waals surface area contributed by atoms with E-state index in [9.17, 15) is 0 Å². The van der Waals surface area contributed by atoms with Crippen LogP contribution in [0, 0.1) is 0 Å². The van der Waals surface area contributed by atoms with Crippen LogP contribution in [0.3, 0.4) is 0 Å². The summed E-state index contributed by atoms with van der Waals surface area (Å²) in [5.41, 5.74) is 2.36. The first-order valence-corrected chi connectivity index (χ1v) is 6.67. The summed E-state index contributed by atoms with van der Waals surface area (Å²) >= 11 is 0. The van der Waals surface area contributed by atoms with Crippen molar-refractivity contribution in [1.82, 2.24) is 5.32 Å². The molecule has 1 aromatic heterocycles. The summed E-state index contributed by atoms with van der Waals surface area (Å²) in [6, 6.07) is 10.7. The number of benzene rings is 1. The highest BCUT2D eigenvalue weighted by Crippen LogP contribution is 2.29. The molecule has 2 atom stereocenters. The zero-order chi connectivity index (χ0) is 13.7. The molecule has 2 unspecified atom stereocenters. The van der Waals surface area contributed by atoms with Crippen LogP contribution < -0.4 is 10.1 Å². The van der Waals surface area contributed by atoms with Gasteiger partial charge in [-0.05, 0) is 25.5 Å². The van der Waals surface area contributed by atoms with Crippen LogP contribution in [0.1, 0.15) is 43.5 Å². The Morgan fingerprint density at radius 3 is 2.68 bits per heavy atom. The highest BCUT2D eigenvalue weighted by Gasteiger charge is 2.17. The fourth-order valence-electron chi connectivity index (χ4n) is 2.30. The first-order valence-electron chi connectivity index (χ1n) is 6.67. The minimum absolute atomic E-state index is 0.244. The highest BCUT2D eigenvalue weighted by molar-refractivity contribution is 5.36. The monoisotopic (exact) mass is 259 g/mol. The number of furan rings is 1. The van der Waals surface area contributed by atoms with Crippen LogP contribution in [0.2, 0.25) is 0 Å². The van der Waals surface area contributed by atoms with Gasteiger partial charge in [-0.15, -0.1) is 0 Å². The standard InChI is InChI=1S/C16H21NO2/c1-4-15(14-7-5-6-8-16(14)18-3)17-12(2)13-9-10-19-11-13/h5-12,15,17H,4H2,1-3H3. The summed E-state index contributed by atoms with van der Waals surface area (Å²) in [5.74, 6) is 0.932. The molecule has 0 saturated carbocycles. The number of rotatable bonds is 6. The molecular formula is C16H21NO2. The average Bonchev–Trinajstić information content (AvgIpc) is 2.98. The minimum Gasteiger partial charge on any atom is -0.496 e. The minimum atomic E-state index is 0.244. The summed E-state index contributed by atoms with van der Waals surface area (Å²) in [4.78, 5) is 0. The van der Waals surface area contributed by atoms with Crippen molar-refractivity contribution in [3.8, 4) is 5.75 Å². The van der Waals surface area contributed by atoms with Crippen molar-refractivity contribution in [3.05, 3.63) is 54.0 Å². The zero-order valence-electron chi connectivity index (χ0n) is 11.7. The van der Waals surface area contributed by atoms with Crippen molar-refractivity contribution in [2.24, 2.45) is 0 Å². The lowest BCUT2D eigenvalue weighted by molar-refractivity contribution is 0.388. The van der Waals surface area contributed by atoms with Gasteiger partial charge < -0.3 is 14.5 Å². The number of nitrogens with one attached hydrogen (secondary N) is 1. The van der Waals surface area contributed by atoms with Gasteiger partial charge in [-0.2, -0.15) is 0 Å². The third-order valence-electron chi connectivity index (χ3n) is 3.42. The second-order valence-electron chi connectivity index (χ2n) is 4.65. The van der Waals surface area contributed by atoms with E-state index in [0.29, 0.717) is 0 Å². The summed E-state index contributed by atoms with van der Waals surface area (Å²) in [7, 11) is 1.71. The zero-order valence-corrected chi connectivity index (χ0v) is 11.7. The van der Waals surface area contributed by atoms with E-state index < -0.39 is 0 Å². The average molecular weight is 259 g/mol. The fourth-order valence-corrected chi connectivity index (χ4v) is 2.30.